The normalized spacial score (nSPS) is 10.3. The summed E-state index contributed by atoms with van der Waals surface area (Å²) in [5, 5.41) is 19.7. The zero-order chi connectivity index (χ0) is 16.1. The van der Waals surface area contributed by atoms with E-state index in [0.29, 0.717) is 30.1 Å². The number of aromatic hydroxyl groups is 2. The summed E-state index contributed by atoms with van der Waals surface area (Å²) in [6, 6.07) is 8.81. The Morgan fingerprint density at radius 2 is 1.36 bits per heavy atom. The third-order valence-corrected chi connectivity index (χ3v) is 3.46. The first kappa shape index (κ1) is 15.8. The molecule has 2 rings (SSSR count). The molecule has 0 heterocycles. The molecule has 5 heteroatoms. The van der Waals surface area contributed by atoms with Crippen LogP contribution in [0.1, 0.15) is 11.1 Å². The van der Waals surface area contributed by atoms with E-state index in [0.717, 1.165) is 11.1 Å². The number of rotatable bonds is 6. The summed E-state index contributed by atoms with van der Waals surface area (Å²) >= 11 is 0. The maximum absolute atomic E-state index is 9.95. The van der Waals surface area contributed by atoms with E-state index < -0.39 is 0 Å². The van der Waals surface area contributed by atoms with E-state index in [1.165, 1.54) is 21.3 Å². The van der Waals surface area contributed by atoms with Crippen LogP contribution in [-0.4, -0.2) is 31.5 Å². The number of phenolic OH excluding ortho intramolecular Hbond substituents is 2. The second-order valence-corrected chi connectivity index (χ2v) is 4.86. The van der Waals surface area contributed by atoms with Crippen molar-refractivity contribution in [3.63, 3.8) is 0 Å². The molecule has 0 saturated carbocycles. The second-order valence-electron chi connectivity index (χ2n) is 4.86. The number of phenols is 2. The molecule has 2 aromatic carbocycles. The summed E-state index contributed by atoms with van der Waals surface area (Å²) in [5.41, 5.74) is 1.90. The van der Waals surface area contributed by atoms with Crippen LogP contribution < -0.4 is 14.2 Å². The van der Waals surface area contributed by atoms with Gasteiger partial charge in [0.15, 0.2) is 23.0 Å². The fourth-order valence-corrected chi connectivity index (χ4v) is 2.32. The summed E-state index contributed by atoms with van der Waals surface area (Å²) in [7, 11) is 4.53. The molecule has 0 radical (unpaired) electrons. The topological polar surface area (TPSA) is 68.2 Å². The quantitative estimate of drug-likeness (QED) is 0.859. The van der Waals surface area contributed by atoms with Gasteiger partial charge in [0, 0.05) is 0 Å². The van der Waals surface area contributed by atoms with Crippen molar-refractivity contribution in [3.8, 4) is 28.7 Å². The molecule has 22 heavy (non-hydrogen) atoms. The highest BCUT2D eigenvalue weighted by atomic mass is 16.5. The Labute approximate surface area is 129 Å². The first-order valence-electron chi connectivity index (χ1n) is 6.88. The molecule has 0 aliphatic carbocycles. The number of hydrogen-bond donors (Lipinski definition) is 2. The molecule has 5 nitrogen and oxygen atoms in total. The predicted molar refractivity (Wildman–Crippen MR) is 83.3 cm³/mol. The maximum atomic E-state index is 9.95. The first-order chi connectivity index (χ1) is 10.6. The van der Waals surface area contributed by atoms with Crippen molar-refractivity contribution in [2.24, 2.45) is 0 Å². The van der Waals surface area contributed by atoms with Gasteiger partial charge >= 0.3 is 0 Å². The summed E-state index contributed by atoms with van der Waals surface area (Å²) in [5.74, 6) is 1.44. The van der Waals surface area contributed by atoms with Gasteiger partial charge in [0.2, 0.25) is 5.75 Å². The third kappa shape index (κ3) is 3.36. The van der Waals surface area contributed by atoms with Crippen molar-refractivity contribution in [1.29, 1.82) is 0 Å². The predicted octanol–water partition coefficient (Wildman–Crippen LogP) is 2.91. The van der Waals surface area contributed by atoms with Gasteiger partial charge in [-0.15, -0.1) is 0 Å². The molecule has 0 aliphatic rings. The highest BCUT2D eigenvalue weighted by Gasteiger charge is 2.12. The van der Waals surface area contributed by atoms with E-state index in [1.807, 2.05) is 12.1 Å². The van der Waals surface area contributed by atoms with E-state index >= 15 is 0 Å². The molecule has 0 spiro atoms. The van der Waals surface area contributed by atoms with Crippen LogP contribution in [0.15, 0.2) is 30.3 Å². The van der Waals surface area contributed by atoms with Crippen LogP contribution >= 0.6 is 0 Å². The number of benzene rings is 2. The molecular weight excluding hydrogens is 284 g/mol. The van der Waals surface area contributed by atoms with Gasteiger partial charge < -0.3 is 24.4 Å². The van der Waals surface area contributed by atoms with E-state index in [4.69, 9.17) is 14.2 Å². The molecule has 0 aliphatic heterocycles. The van der Waals surface area contributed by atoms with Gasteiger partial charge in [0.05, 0.1) is 21.3 Å². The van der Waals surface area contributed by atoms with Gasteiger partial charge in [-0.2, -0.15) is 0 Å². The third-order valence-electron chi connectivity index (χ3n) is 3.46. The van der Waals surface area contributed by atoms with Gasteiger partial charge in [-0.1, -0.05) is 6.07 Å². The minimum absolute atomic E-state index is 0.0504. The average molecular weight is 304 g/mol. The average Bonchev–Trinajstić information content (AvgIpc) is 2.52. The van der Waals surface area contributed by atoms with Crippen molar-refractivity contribution in [2.45, 2.75) is 12.8 Å². The summed E-state index contributed by atoms with van der Waals surface area (Å²) in [6.07, 6.45) is 1.41. The lowest BCUT2D eigenvalue weighted by atomic mass is 10.0. The number of ether oxygens (including phenoxy) is 3. The summed E-state index contributed by atoms with van der Waals surface area (Å²) in [6.45, 7) is 0. The zero-order valence-electron chi connectivity index (χ0n) is 12.9. The van der Waals surface area contributed by atoms with Crippen LogP contribution in [0.4, 0.5) is 0 Å². The van der Waals surface area contributed by atoms with Crippen LogP contribution in [-0.2, 0) is 12.8 Å². The Hall–Kier alpha value is -2.56. The fraction of sp³-hybridized carbons (Fsp3) is 0.294. The highest BCUT2D eigenvalue weighted by molar-refractivity contribution is 5.53. The van der Waals surface area contributed by atoms with Gasteiger partial charge in [0.25, 0.3) is 0 Å². The maximum Gasteiger partial charge on any atom is 0.203 e. The Balaban J connectivity index is 2.14. The molecule has 2 aromatic rings. The Morgan fingerprint density at radius 1 is 0.727 bits per heavy atom. The van der Waals surface area contributed by atoms with Crippen molar-refractivity contribution in [3.05, 3.63) is 41.5 Å². The molecule has 0 bridgehead atoms. The Bertz CT molecular complexity index is 652. The molecule has 0 unspecified atom stereocenters. The number of methoxy groups -OCH3 is 3. The van der Waals surface area contributed by atoms with E-state index in [-0.39, 0.29) is 11.5 Å². The van der Waals surface area contributed by atoms with Crippen molar-refractivity contribution < 1.29 is 24.4 Å². The van der Waals surface area contributed by atoms with Crippen molar-refractivity contribution in [1.82, 2.24) is 0 Å². The smallest absolute Gasteiger partial charge is 0.203 e. The molecule has 2 N–H and O–H groups in total. The zero-order valence-corrected chi connectivity index (χ0v) is 12.9. The SMILES string of the molecule is COc1ccc(CCc2cc(O)c(OC)c(OC)c2)cc1O. The summed E-state index contributed by atoms with van der Waals surface area (Å²) in [4.78, 5) is 0. The van der Waals surface area contributed by atoms with Gasteiger partial charge in [-0.3, -0.25) is 0 Å². The van der Waals surface area contributed by atoms with Gasteiger partial charge in [-0.05, 0) is 48.2 Å². The lowest BCUT2D eigenvalue weighted by Crippen LogP contribution is -1.96. The van der Waals surface area contributed by atoms with Gasteiger partial charge in [-0.25, -0.2) is 0 Å². The lowest BCUT2D eigenvalue weighted by molar-refractivity contribution is 0.332. The molecular formula is C17H20O5. The molecule has 0 atom stereocenters. The number of aryl methyl sites for hydroxylation is 2. The van der Waals surface area contributed by atoms with Crippen LogP contribution in [0.2, 0.25) is 0 Å². The van der Waals surface area contributed by atoms with Crippen LogP contribution in [0, 0.1) is 0 Å². The Kier molecular flexibility index (Phi) is 4.99. The second kappa shape index (κ2) is 6.93. The Morgan fingerprint density at radius 3 is 1.95 bits per heavy atom. The molecule has 0 aromatic heterocycles. The lowest BCUT2D eigenvalue weighted by Gasteiger charge is -2.12. The number of hydrogen-bond acceptors (Lipinski definition) is 5. The standard InChI is InChI=1S/C17H20O5/c1-20-15-7-6-11(8-13(15)18)4-5-12-9-14(19)17(22-3)16(10-12)21-2/h6-10,18-19H,4-5H2,1-3H3. The van der Waals surface area contributed by atoms with Crippen LogP contribution in [0.3, 0.4) is 0 Å². The van der Waals surface area contributed by atoms with Gasteiger partial charge in [0.1, 0.15) is 0 Å². The molecule has 118 valence electrons. The first-order valence-corrected chi connectivity index (χ1v) is 6.88. The minimum Gasteiger partial charge on any atom is -0.504 e. The summed E-state index contributed by atoms with van der Waals surface area (Å²) < 4.78 is 15.3. The van der Waals surface area contributed by atoms with Crippen LogP contribution in [0.25, 0.3) is 0 Å². The van der Waals surface area contributed by atoms with E-state index in [1.54, 1.807) is 18.2 Å². The van der Waals surface area contributed by atoms with Crippen molar-refractivity contribution >= 4 is 0 Å². The molecule has 0 saturated heterocycles. The molecule has 0 fully saturated rings. The van der Waals surface area contributed by atoms with Crippen LogP contribution in [0.5, 0.6) is 28.7 Å². The monoisotopic (exact) mass is 304 g/mol. The van der Waals surface area contributed by atoms with Crippen molar-refractivity contribution in [2.75, 3.05) is 21.3 Å². The fourth-order valence-electron chi connectivity index (χ4n) is 2.32. The largest absolute Gasteiger partial charge is 0.504 e. The minimum atomic E-state index is 0.0504. The molecule has 0 amide bonds. The van der Waals surface area contributed by atoms with E-state index in [2.05, 4.69) is 0 Å². The highest BCUT2D eigenvalue weighted by Crippen LogP contribution is 2.37. The van der Waals surface area contributed by atoms with E-state index in [9.17, 15) is 10.2 Å².